The second-order valence-electron chi connectivity index (χ2n) is 12.2. The van der Waals surface area contributed by atoms with Crippen LogP contribution in [0.2, 0.25) is 0 Å². The molecule has 1 heterocycles. The van der Waals surface area contributed by atoms with Crippen LogP contribution in [0.15, 0.2) is 188 Å². The van der Waals surface area contributed by atoms with Gasteiger partial charge >= 0.3 is 0 Å². The minimum Gasteiger partial charge on any atom is -0.385 e. The van der Waals surface area contributed by atoms with Crippen LogP contribution in [-0.4, -0.2) is 6.54 Å². The smallest absolute Gasteiger partial charge is 0.0514 e. The van der Waals surface area contributed by atoms with E-state index >= 15 is 0 Å². The van der Waals surface area contributed by atoms with E-state index < -0.39 is 0 Å². The normalized spacial score (nSPS) is 12.0. The summed E-state index contributed by atoms with van der Waals surface area (Å²) in [5, 5.41) is 3.66. The molecule has 0 saturated heterocycles. The van der Waals surface area contributed by atoms with Gasteiger partial charge in [-0.05, 0) is 109 Å². The lowest BCUT2D eigenvalue weighted by atomic mass is 9.99. The van der Waals surface area contributed by atoms with Crippen molar-refractivity contribution in [2.45, 2.75) is 12.8 Å². The molecule has 0 aromatic heterocycles. The molecule has 4 nitrogen and oxygen atoms in total. The summed E-state index contributed by atoms with van der Waals surface area (Å²) in [5.74, 6) is 0. The molecule has 238 valence electrons. The van der Waals surface area contributed by atoms with E-state index in [0.29, 0.717) is 0 Å². The number of nitrogens with one attached hydrogen (secondary N) is 1. The third-order valence-corrected chi connectivity index (χ3v) is 9.05. The Hall–Kier alpha value is -6.26. The summed E-state index contributed by atoms with van der Waals surface area (Å²) in [5.41, 5.74) is 12.4. The molecule has 1 aliphatic heterocycles. The van der Waals surface area contributed by atoms with Crippen molar-refractivity contribution in [3.05, 3.63) is 194 Å². The molecular weight excluding hydrogens is 597 g/mol. The van der Waals surface area contributed by atoms with E-state index in [1.807, 2.05) is 0 Å². The highest BCUT2D eigenvalue weighted by atomic mass is 15.2. The van der Waals surface area contributed by atoms with Gasteiger partial charge in [0.25, 0.3) is 0 Å². The molecule has 7 aromatic carbocycles. The standard InChI is InChI=1S/C45H38N4/c1-6-18-35(19-7-1)47(36-20-8-2-9-21-36)40-32-41(48(37-22-10-3-11-23-37)38-24-12-4-13-25-38)34-42(33-40)49(39-26-14-5-15-27-39)45-30-16-29-44-43(45)28-17-31-46-44/h1-16,18-27,29-30,32-34,46H,17,28,31H2. The summed E-state index contributed by atoms with van der Waals surface area (Å²) in [7, 11) is 0. The monoisotopic (exact) mass is 634 g/mol. The fourth-order valence-electron chi connectivity index (χ4n) is 6.87. The fraction of sp³-hybridized carbons (Fsp3) is 0.0667. The summed E-state index contributed by atoms with van der Waals surface area (Å²) >= 11 is 0. The molecule has 0 radical (unpaired) electrons. The van der Waals surface area contributed by atoms with Crippen LogP contribution in [-0.2, 0) is 6.42 Å². The van der Waals surface area contributed by atoms with Gasteiger partial charge in [0.05, 0.1) is 22.7 Å². The van der Waals surface area contributed by atoms with E-state index in [2.05, 4.69) is 208 Å². The quantitative estimate of drug-likeness (QED) is 0.171. The zero-order valence-corrected chi connectivity index (χ0v) is 27.4. The van der Waals surface area contributed by atoms with Crippen LogP contribution in [0.1, 0.15) is 12.0 Å². The Morgan fingerprint density at radius 1 is 0.347 bits per heavy atom. The van der Waals surface area contributed by atoms with Gasteiger partial charge in [0.2, 0.25) is 0 Å². The SMILES string of the molecule is c1ccc(N(c2ccccc2)c2cc(N(c3ccccc3)c3ccccc3)cc(N(c3ccccc3)c3cccc4c3CCCN4)c2)cc1. The molecule has 8 rings (SSSR count). The van der Waals surface area contributed by atoms with E-state index in [9.17, 15) is 0 Å². The van der Waals surface area contributed by atoms with E-state index in [1.165, 1.54) is 16.9 Å². The van der Waals surface area contributed by atoms with Crippen molar-refractivity contribution in [3.8, 4) is 0 Å². The topological polar surface area (TPSA) is 21.8 Å². The number of nitrogens with zero attached hydrogens (tertiary/aromatic N) is 3. The molecule has 7 aromatic rings. The fourth-order valence-corrected chi connectivity index (χ4v) is 6.87. The molecule has 49 heavy (non-hydrogen) atoms. The highest BCUT2D eigenvalue weighted by Crippen LogP contribution is 2.47. The largest absolute Gasteiger partial charge is 0.385 e. The van der Waals surface area contributed by atoms with Gasteiger partial charge in [-0.15, -0.1) is 0 Å². The molecule has 1 aliphatic rings. The number of hydrogen-bond donors (Lipinski definition) is 1. The first-order chi connectivity index (χ1) is 24.3. The van der Waals surface area contributed by atoms with Crippen LogP contribution in [0.3, 0.4) is 0 Å². The first-order valence-corrected chi connectivity index (χ1v) is 17.0. The van der Waals surface area contributed by atoms with E-state index in [4.69, 9.17) is 0 Å². The Labute approximate surface area is 289 Å². The van der Waals surface area contributed by atoms with E-state index in [-0.39, 0.29) is 0 Å². The molecule has 0 amide bonds. The number of para-hydroxylation sites is 5. The highest BCUT2D eigenvalue weighted by Gasteiger charge is 2.24. The zero-order chi connectivity index (χ0) is 32.8. The number of fused-ring (bicyclic) bond motifs is 1. The van der Waals surface area contributed by atoms with Crippen molar-refractivity contribution in [1.82, 2.24) is 0 Å². The lowest BCUT2D eigenvalue weighted by Crippen LogP contribution is -2.19. The molecule has 0 fully saturated rings. The Morgan fingerprint density at radius 3 is 1.12 bits per heavy atom. The van der Waals surface area contributed by atoms with Crippen molar-refractivity contribution in [1.29, 1.82) is 0 Å². The molecular formula is C45H38N4. The van der Waals surface area contributed by atoms with Crippen LogP contribution in [0.4, 0.5) is 56.9 Å². The summed E-state index contributed by atoms with van der Waals surface area (Å²) in [6.45, 7) is 0.994. The maximum atomic E-state index is 3.66. The Kier molecular flexibility index (Phi) is 8.50. The maximum absolute atomic E-state index is 3.66. The number of benzene rings is 7. The van der Waals surface area contributed by atoms with Gasteiger partial charge in [-0.1, -0.05) is 97.1 Å². The van der Waals surface area contributed by atoms with Crippen LogP contribution in [0.5, 0.6) is 0 Å². The van der Waals surface area contributed by atoms with Gasteiger partial charge < -0.3 is 20.0 Å². The van der Waals surface area contributed by atoms with E-state index in [1.54, 1.807) is 0 Å². The van der Waals surface area contributed by atoms with Crippen LogP contribution >= 0.6 is 0 Å². The van der Waals surface area contributed by atoms with Gasteiger partial charge in [0, 0.05) is 40.7 Å². The number of anilines is 10. The second-order valence-corrected chi connectivity index (χ2v) is 12.2. The number of hydrogen-bond acceptors (Lipinski definition) is 4. The third kappa shape index (κ3) is 6.24. The van der Waals surface area contributed by atoms with Gasteiger partial charge in [0.1, 0.15) is 0 Å². The van der Waals surface area contributed by atoms with Crippen molar-refractivity contribution in [2.75, 3.05) is 26.6 Å². The molecule has 0 atom stereocenters. The van der Waals surface area contributed by atoms with Gasteiger partial charge in [-0.2, -0.15) is 0 Å². The molecule has 0 bridgehead atoms. The van der Waals surface area contributed by atoms with E-state index in [0.717, 1.165) is 64.9 Å². The van der Waals surface area contributed by atoms with Crippen LogP contribution in [0.25, 0.3) is 0 Å². The molecule has 0 aliphatic carbocycles. The van der Waals surface area contributed by atoms with Crippen LogP contribution < -0.4 is 20.0 Å². The van der Waals surface area contributed by atoms with Crippen molar-refractivity contribution < 1.29 is 0 Å². The first kappa shape index (κ1) is 30.1. The third-order valence-electron chi connectivity index (χ3n) is 9.05. The lowest BCUT2D eigenvalue weighted by molar-refractivity contribution is 0.829. The van der Waals surface area contributed by atoms with Crippen molar-refractivity contribution >= 4 is 56.9 Å². The highest BCUT2D eigenvalue weighted by molar-refractivity contribution is 5.90. The summed E-state index contributed by atoms with van der Waals surface area (Å²) in [4.78, 5) is 7.14. The van der Waals surface area contributed by atoms with Crippen molar-refractivity contribution in [2.24, 2.45) is 0 Å². The summed E-state index contributed by atoms with van der Waals surface area (Å²) in [6.07, 6.45) is 2.12. The summed E-state index contributed by atoms with van der Waals surface area (Å²) in [6, 6.07) is 67.0. The average molecular weight is 635 g/mol. The minimum atomic E-state index is 0.994. The van der Waals surface area contributed by atoms with Gasteiger partial charge in [-0.3, -0.25) is 0 Å². The molecule has 4 heteroatoms. The Morgan fingerprint density at radius 2 is 0.714 bits per heavy atom. The number of rotatable bonds is 9. The average Bonchev–Trinajstić information content (AvgIpc) is 3.17. The predicted octanol–water partition coefficient (Wildman–Crippen LogP) is 12.5. The summed E-state index contributed by atoms with van der Waals surface area (Å²) < 4.78 is 0. The first-order valence-electron chi connectivity index (χ1n) is 17.0. The Balaban J connectivity index is 1.43. The molecule has 0 saturated carbocycles. The molecule has 1 N–H and O–H groups in total. The maximum Gasteiger partial charge on any atom is 0.0514 e. The zero-order valence-electron chi connectivity index (χ0n) is 27.4. The molecule has 0 spiro atoms. The lowest BCUT2D eigenvalue weighted by Gasteiger charge is -2.34. The molecule has 0 unspecified atom stereocenters. The van der Waals surface area contributed by atoms with Gasteiger partial charge in [0.15, 0.2) is 0 Å². The van der Waals surface area contributed by atoms with Gasteiger partial charge in [-0.25, -0.2) is 0 Å². The Bertz CT molecular complexity index is 1940. The van der Waals surface area contributed by atoms with Crippen molar-refractivity contribution in [3.63, 3.8) is 0 Å². The predicted molar refractivity (Wildman–Crippen MR) is 207 cm³/mol. The minimum absolute atomic E-state index is 0.994. The second kappa shape index (κ2) is 13.8. The van der Waals surface area contributed by atoms with Crippen LogP contribution in [0, 0.1) is 0 Å².